The van der Waals surface area contributed by atoms with Gasteiger partial charge in [0.05, 0.1) is 0 Å². The van der Waals surface area contributed by atoms with Gasteiger partial charge in [0.25, 0.3) is 0 Å². The lowest BCUT2D eigenvalue weighted by atomic mass is 10.0. The van der Waals surface area contributed by atoms with Crippen LogP contribution in [0.5, 0.6) is 5.75 Å². The molecule has 0 saturated heterocycles. The van der Waals surface area contributed by atoms with Gasteiger partial charge < -0.3 is 18.5 Å². The first-order chi connectivity index (χ1) is 13.3. The van der Waals surface area contributed by atoms with Crippen molar-refractivity contribution in [3.8, 4) is 5.75 Å². The van der Waals surface area contributed by atoms with Gasteiger partial charge in [0.1, 0.15) is 28.1 Å². The Kier molecular flexibility index (Phi) is 2.88. The molecule has 0 amide bonds. The van der Waals surface area contributed by atoms with Gasteiger partial charge in [-0.2, -0.15) is 0 Å². The molecule has 4 aromatic carbocycles. The Balaban J connectivity index is 1.72. The zero-order chi connectivity index (χ0) is 18.0. The number of fused-ring (bicyclic) bond motifs is 8. The summed E-state index contributed by atoms with van der Waals surface area (Å²) in [6, 6.07) is 22.0. The van der Waals surface area contributed by atoms with Crippen LogP contribution in [0.3, 0.4) is 0 Å². The fourth-order valence-corrected chi connectivity index (χ4v) is 3.92. The topological polar surface area (TPSA) is 55.7 Å². The highest BCUT2D eigenvalue weighted by Crippen LogP contribution is 2.38. The van der Waals surface area contributed by atoms with E-state index in [-0.39, 0.29) is 7.69 Å². The molecule has 2 aromatic heterocycles. The Labute approximate surface area is 153 Å². The van der Waals surface area contributed by atoms with Crippen molar-refractivity contribution >= 4 is 62.3 Å². The maximum atomic E-state index is 9.00. The number of benzene rings is 4. The van der Waals surface area contributed by atoms with E-state index in [4.69, 9.17) is 18.5 Å². The highest BCUT2D eigenvalue weighted by atomic mass is 16.5. The molecule has 6 rings (SSSR count). The molecular formula is C22H13BO4. The molecule has 2 heterocycles. The molecule has 0 saturated carbocycles. The Bertz CT molecular complexity index is 1490. The van der Waals surface area contributed by atoms with Crippen LogP contribution in [0.4, 0.5) is 0 Å². The van der Waals surface area contributed by atoms with Crippen molar-refractivity contribution in [3.63, 3.8) is 0 Å². The standard InChI is InChI=1S/C22H13BO4/c24-23-27-13-6-8-20-18(10-13)15-7-5-12-9-17-14-3-1-2-4-19(14)25-21(17)11-16(12)22(15)26-20/h1-11,23-24H. The highest BCUT2D eigenvalue weighted by molar-refractivity contribution is 6.20. The summed E-state index contributed by atoms with van der Waals surface area (Å²) < 4.78 is 17.4. The summed E-state index contributed by atoms with van der Waals surface area (Å²) in [5.74, 6) is 0.612. The fraction of sp³-hybridized carbons (Fsp3) is 0. The predicted molar refractivity (Wildman–Crippen MR) is 108 cm³/mol. The van der Waals surface area contributed by atoms with Crippen LogP contribution in [0.15, 0.2) is 75.6 Å². The molecule has 0 radical (unpaired) electrons. The minimum absolute atomic E-state index is 0.353. The summed E-state index contributed by atoms with van der Waals surface area (Å²) in [6.07, 6.45) is 0. The molecule has 0 spiro atoms. The molecule has 1 N–H and O–H groups in total. The second kappa shape index (κ2) is 5.28. The molecule has 0 bridgehead atoms. The Morgan fingerprint density at radius 1 is 0.667 bits per heavy atom. The number of furan rings is 2. The third-order valence-electron chi connectivity index (χ3n) is 5.15. The van der Waals surface area contributed by atoms with Crippen molar-refractivity contribution in [2.24, 2.45) is 0 Å². The third-order valence-corrected chi connectivity index (χ3v) is 5.15. The first-order valence-electron chi connectivity index (χ1n) is 8.76. The van der Waals surface area contributed by atoms with E-state index in [0.29, 0.717) is 5.75 Å². The molecule has 0 fully saturated rings. The molecule has 6 aromatic rings. The van der Waals surface area contributed by atoms with Gasteiger partial charge in [-0.25, -0.2) is 0 Å². The molecular weight excluding hydrogens is 339 g/mol. The minimum Gasteiger partial charge on any atom is -0.539 e. The SMILES string of the molecule is OBOc1ccc2oc3c4cc5oc6ccccc6c5cc4ccc3c2c1. The van der Waals surface area contributed by atoms with Crippen LogP contribution in [-0.4, -0.2) is 12.7 Å². The van der Waals surface area contributed by atoms with Gasteiger partial charge in [-0.1, -0.05) is 24.3 Å². The van der Waals surface area contributed by atoms with E-state index < -0.39 is 0 Å². The van der Waals surface area contributed by atoms with Crippen molar-refractivity contribution in [3.05, 3.63) is 66.7 Å². The van der Waals surface area contributed by atoms with Crippen LogP contribution in [-0.2, 0) is 0 Å². The lowest BCUT2D eigenvalue weighted by molar-refractivity contribution is 0.454. The number of hydrogen-bond acceptors (Lipinski definition) is 4. The molecule has 0 atom stereocenters. The second-order valence-corrected chi connectivity index (χ2v) is 6.64. The molecule has 5 heteroatoms. The maximum absolute atomic E-state index is 9.00. The van der Waals surface area contributed by atoms with E-state index in [2.05, 4.69) is 30.3 Å². The lowest BCUT2D eigenvalue weighted by Gasteiger charge is -2.01. The van der Waals surface area contributed by atoms with Crippen molar-refractivity contribution in [2.75, 3.05) is 0 Å². The Morgan fingerprint density at radius 2 is 1.52 bits per heavy atom. The van der Waals surface area contributed by atoms with Gasteiger partial charge in [-0.3, -0.25) is 0 Å². The smallest absolute Gasteiger partial charge is 0.504 e. The summed E-state index contributed by atoms with van der Waals surface area (Å²) in [5.41, 5.74) is 3.34. The average molecular weight is 352 g/mol. The molecule has 0 unspecified atom stereocenters. The minimum atomic E-state index is -0.353. The van der Waals surface area contributed by atoms with Crippen LogP contribution >= 0.6 is 0 Å². The zero-order valence-corrected chi connectivity index (χ0v) is 14.2. The average Bonchev–Trinajstić information content (AvgIpc) is 3.24. The van der Waals surface area contributed by atoms with E-state index in [0.717, 1.165) is 54.6 Å². The van der Waals surface area contributed by atoms with Crippen LogP contribution in [0.1, 0.15) is 0 Å². The highest BCUT2D eigenvalue weighted by Gasteiger charge is 2.14. The first kappa shape index (κ1) is 14.7. The van der Waals surface area contributed by atoms with Gasteiger partial charge >= 0.3 is 7.69 Å². The molecule has 128 valence electrons. The Hall–Kier alpha value is -3.44. The van der Waals surface area contributed by atoms with Crippen molar-refractivity contribution in [1.29, 1.82) is 0 Å². The summed E-state index contributed by atoms with van der Waals surface area (Å²) in [5, 5.41) is 15.3. The van der Waals surface area contributed by atoms with Gasteiger partial charge in [0, 0.05) is 26.9 Å². The van der Waals surface area contributed by atoms with Crippen LogP contribution in [0, 0.1) is 0 Å². The van der Waals surface area contributed by atoms with Crippen molar-refractivity contribution in [1.82, 2.24) is 0 Å². The normalized spacial score (nSPS) is 11.9. The number of rotatable bonds is 2. The molecule has 0 aliphatic rings. The van der Waals surface area contributed by atoms with Gasteiger partial charge in [-0.05, 0) is 47.9 Å². The zero-order valence-electron chi connectivity index (χ0n) is 14.2. The summed E-state index contributed by atoms with van der Waals surface area (Å²) in [6.45, 7) is 0. The van der Waals surface area contributed by atoms with Crippen molar-refractivity contribution in [2.45, 2.75) is 0 Å². The van der Waals surface area contributed by atoms with Crippen LogP contribution in [0.2, 0.25) is 0 Å². The monoisotopic (exact) mass is 352 g/mol. The van der Waals surface area contributed by atoms with E-state index in [1.54, 1.807) is 6.07 Å². The van der Waals surface area contributed by atoms with E-state index in [1.807, 2.05) is 30.3 Å². The molecule has 4 nitrogen and oxygen atoms in total. The van der Waals surface area contributed by atoms with Crippen molar-refractivity contribution < 1.29 is 18.5 Å². The maximum Gasteiger partial charge on any atom is 0.504 e. The van der Waals surface area contributed by atoms with Crippen LogP contribution < -0.4 is 4.65 Å². The van der Waals surface area contributed by atoms with Gasteiger partial charge in [0.2, 0.25) is 0 Å². The quantitative estimate of drug-likeness (QED) is 0.431. The summed E-state index contributed by atoms with van der Waals surface area (Å²) in [7, 11) is -0.353. The van der Waals surface area contributed by atoms with Gasteiger partial charge in [0.15, 0.2) is 0 Å². The fourth-order valence-electron chi connectivity index (χ4n) is 3.92. The summed E-state index contributed by atoms with van der Waals surface area (Å²) in [4.78, 5) is 0. The third kappa shape index (κ3) is 2.03. The molecule has 0 aliphatic heterocycles. The van der Waals surface area contributed by atoms with Gasteiger partial charge in [-0.15, -0.1) is 0 Å². The summed E-state index contributed by atoms with van der Waals surface area (Å²) >= 11 is 0. The van der Waals surface area contributed by atoms with E-state index >= 15 is 0 Å². The molecule has 27 heavy (non-hydrogen) atoms. The lowest BCUT2D eigenvalue weighted by Crippen LogP contribution is -1.98. The first-order valence-corrected chi connectivity index (χ1v) is 8.76. The van der Waals surface area contributed by atoms with E-state index in [9.17, 15) is 0 Å². The second-order valence-electron chi connectivity index (χ2n) is 6.64. The Morgan fingerprint density at radius 3 is 2.44 bits per heavy atom. The molecule has 0 aliphatic carbocycles. The largest absolute Gasteiger partial charge is 0.539 e. The number of para-hydroxylation sites is 1. The predicted octanol–water partition coefficient (Wildman–Crippen LogP) is 5.28. The van der Waals surface area contributed by atoms with Crippen LogP contribution in [0.25, 0.3) is 54.6 Å². The number of hydrogen-bond donors (Lipinski definition) is 1. The van der Waals surface area contributed by atoms with E-state index in [1.165, 1.54) is 0 Å².